The van der Waals surface area contributed by atoms with Crippen LogP contribution in [-0.2, 0) is 14.3 Å². The maximum atomic E-state index is 10.6. The van der Waals surface area contributed by atoms with E-state index < -0.39 is 10.1 Å². The molecule has 82 valence electrons. The summed E-state index contributed by atoms with van der Waals surface area (Å²) in [4.78, 5) is 0. The molecule has 0 radical (unpaired) electrons. The zero-order valence-corrected chi connectivity index (χ0v) is 9.75. The first-order chi connectivity index (χ1) is 6.97. The predicted molar refractivity (Wildman–Crippen MR) is 61.3 cm³/mol. The third-order valence-electron chi connectivity index (χ3n) is 1.56. The van der Waals surface area contributed by atoms with Crippen molar-refractivity contribution in [2.75, 3.05) is 12.9 Å². The van der Waals surface area contributed by atoms with E-state index in [1.54, 1.807) is 24.3 Å². The molecule has 0 spiro atoms. The van der Waals surface area contributed by atoms with Crippen molar-refractivity contribution in [3.05, 3.63) is 40.9 Å². The van der Waals surface area contributed by atoms with Gasteiger partial charge in [-0.15, -0.1) is 0 Å². The second-order valence-corrected chi connectivity index (χ2v) is 5.02. The van der Waals surface area contributed by atoms with Crippen molar-refractivity contribution in [3.8, 4) is 0 Å². The van der Waals surface area contributed by atoms with Crippen LogP contribution in [-0.4, -0.2) is 21.3 Å². The van der Waals surface area contributed by atoms with Crippen LogP contribution in [0.15, 0.2) is 30.3 Å². The Labute approximate surface area is 94.5 Å². The summed E-state index contributed by atoms with van der Waals surface area (Å²) in [6.07, 6.45) is 4.41. The van der Waals surface area contributed by atoms with Crippen molar-refractivity contribution in [1.29, 1.82) is 0 Å². The van der Waals surface area contributed by atoms with Crippen molar-refractivity contribution >= 4 is 27.8 Å². The molecular weight excluding hydrogens is 236 g/mol. The van der Waals surface area contributed by atoms with Gasteiger partial charge in [-0.25, -0.2) is 0 Å². The van der Waals surface area contributed by atoms with Crippen LogP contribution in [0.25, 0.3) is 6.08 Å². The average molecular weight is 247 g/mol. The number of hydrogen-bond acceptors (Lipinski definition) is 3. The molecule has 0 aliphatic carbocycles. The molecule has 3 nitrogen and oxygen atoms in total. The molecule has 0 fully saturated rings. The lowest BCUT2D eigenvalue weighted by molar-refractivity contribution is 0.362. The van der Waals surface area contributed by atoms with Gasteiger partial charge in [-0.1, -0.05) is 35.9 Å². The fraction of sp³-hybridized carbons (Fsp3) is 0.200. The van der Waals surface area contributed by atoms with E-state index in [2.05, 4.69) is 4.18 Å². The summed E-state index contributed by atoms with van der Waals surface area (Å²) in [6, 6.07) is 7.19. The maximum Gasteiger partial charge on any atom is 0.264 e. The molecule has 15 heavy (non-hydrogen) atoms. The smallest absolute Gasteiger partial charge is 0.264 e. The van der Waals surface area contributed by atoms with Crippen molar-refractivity contribution in [1.82, 2.24) is 0 Å². The molecule has 1 aromatic carbocycles. The van der Waals surface area contributed by atoms with Gasteiger partial charge >= 0.3 is 0 Å². The Kier molecular flexibility index (Phi) is 4.32. The summed E-state index contributed by atoms with van der Waals surface area (Å²) < 4.78 is 25.8. The standard InChI is InChI=1S/C10H11ClO3S/c1-15(12,13)14-8-2-3-9-4-6-10(11)7-5-9/h2-7H,8H2,1H3. The number of hydrogen-bond donors (Lipinski definition) is 0. The van der Waals surface area contributed by atoms with Gasteiger partial charge in [0.15, 0.2) is 0 Å². The largest absolute Gasteiger partial charge is 0.266 e. The minimum Gasteiger partial charge on any atom is -0.266 e. The van der Waals surface area contributed by atoms with Crippen LogP contribution in [0, 0.1) is 0 Å². The Morgan fingerprint density at radius 3 is 2.47 bits per heavy atom. The first kappa shape index (κ1) is 12.2. The minimum atomic E-state index is -3.36. The summed E-state index contributed by atoms with van der Waals surface area (Å²) in [7, 11) is -3.36. The predicted octanol–water partition coefficient (Wildman–Crippen LogP) is 2.33. The molecule has 0 saturated carbocycles. The molecule has 0 aliphatic heterocycles. The van der Waals surface area contributed by atoms with Gasteiger partial charge in [0.1, 0.15) is 0 Å². The van der Waals surface area contributed by atoms with Crippen molar-refractivity contribution in [2.45, 2.75) is 0 Å². The Morgan fingerprint density at radius 2 is 1.93 bits per heavy atom. The molecule has 1 aromatic rings. The molecule has 5 heteroatoms. The van der Waals surface area contributed by atoms with Gasteiger partial charge in [-0.3, -0.25) is 4.18 Å². The zero-order chi connectivity index (χ0) is 11.3. The van der Waals surface area contributed by atoms with E-state index in [1.165, 1.54) is 0 Å². The summed E-state index contributed by atoms with van der Waals surface area (Å²) in [5, 5.41) is 0.666. The van der Waals surface area contributed by atoms with E-state index in [9.17, 15) is 8.42 Å². The van der Waals surface area contributed by atoms with E-state index in [0.717, 1.165) is 11.8 Å². The lowest BCUT2D eigenvalue weighted by atomic mass is 10.2. The molecule has 0 aromatic heterocycles. The van der Waals surface area contributed by atoms with Gasteiger partial charge < -0.3 is 0 Å². The first-order valence-electron chi connectivity index (χ1n) is 4.24. The average Bonchev–Trinajstić information content (AvgIpc) is 2.14. The van der Waals surface area contributed by atoms with Crippen LogP contribution >= 0.6 is 11.6 Å². The highest BCUT2D eigenvalue weighted by atomic mass is 35.5. The van der Waals surface area contributed by atoms with Gasteiger partial charge in [-0.2, -0.15) is 8.42 Å². The van der Waals surface area contributed by atoms with E-state index in [0.29, 0.717) is 5.02 Å². The third kappa shape index (κ3) is 5.57. The first-order valence-corrected chi connectivity index (χ1v) is 6.43. The van der Waals surface area contributed by atoms with Crippen LogP contribution < -0.4 is 0 Å². The highest BCUT2D eigenvalue weighted by molar-refractivity contribution is 7.85. The fourth-order valence-corrected chi connectivity index (χ4v) is 1.37. The van der Waals surface area contributed by atoms with E-state index in [4.69, 9.17) is 11.6 Å². The van der Waals surface area contributed by atoms with Gasteiger partial charge in [0.05, 0.1) is 12.9 Å². The van der Waals surface area contributed by atoms with E-state index in [1.807, 2.05) is 12.1 Å². The Balaban J connectivity index is 2.48. The summed E-state index contributed by atoms with van der Waals surface area (Å²) in [5.74, 6) is 0. The molecular formula is C10H11ClO3S. The molecule has 0 saturated heterocycles. The normalized spacial score (nSPS) is 12.1. The van der Waals surface area contributed by atoms with Crippen molar-refractivity contribution < 1.29 is 12.6 Å². The summed E-state index contributed by atoms with van der Waals surface area (Å²) >= 11 is 5.70. The number of halogens is 1. The minimum absolute atomic E-state index is 0.0431. The third-order valence-corrected chi connectivity index (χ3v) is 2.37. The van der Waals surface area contributed by atoms with E-state index in [-0.39, 0.29) is 6.61 Å². The topological polar surface area (TPSA) is 43.4 Å². The number of benzene rings is 1. The van der Waals surface area contributed by atoms with Crippen LogP contribution in [0.3, 0.4) is 0 Å². The zero-order valence-electron chi connectivity index (χ0n) is 8.18. The van der Waals surface area contributed by atoms with Gasteiger partial charge in [0.2, 0.25) is 0 Å². The molecule has 1 rings (SSSR count). The van der Waals surface area contributed by atoms with Gasteiger partial charge in [-0.05, 0) is 17.7 Å². The van der Waals surface area contributed by atoms with Crippen molar-refractivity contribution in [2.24, 2.45) is 0 Å². The molecule has 0 amide bonds. The quantitative estimate of drug-likeness (QED) is 0.766. The molecule has 0 heterocycles. The lowest BCUT2D eigenvalue weighted by Gasteiger charge is -1.95. The molecule has 0 N–H and O–H groups in total. The summed E-state index contributed by atoms with van der Waals surface area (Å²) in [6.45, 7) is 0.0431. The van der Waals surface area contributed by atoms with Crippen LogP contribution in [0.1, 0.15) is 5.56 Å². The van der Waals surface area contributed by atoms with Crippen LogP contribution in [0.2, 0.25) is 5.02 Å². The fourth-order valence-electron chi connectivity index (χ4n) is 0.921. The molecule has 0 bridgehead atoms. The Morgan fingerprint density at radius 1 is 1.33 bits per heavy atom. The lowest BCUT2D eigenvalue weighted by Crippen LogP contribution is -2.01. The summed E-state index contributed by atoms with van der Waals surface area (Å²) in [5.41, 5.74) is 0.941. The second kappa shape index (κ2) is 5.30. The Bertz CT molecular complexity index is 434. The van der Waals surface area contributed by atoms with Crippen molar-refractivity contribution in [3.63, 3.8) is 0 Å². The molecule has 0 aliphatic rings. The highest BCUT2D eigenvalue weighted by Crippen LogP contribution is 2.10. The number of rotatable bonds is 4. The van der Waals surface area contributed by atoms with Gasteiger partial charge in [0.25, 0.3) is 10.1 Å². The molecule has 0 atom stereocenters. The van der Waals surface area contributed by atoms with E-state index >= 15 is 0 Å². The highest BCUT2D eigenvalue weighted by Gasteiger charge is 1.97. The van der Waals surface area contributed by atoms with Crippen LogP contribution in [0.4, 0.5) is 0 Å². The second-order valence-electron chi connectivity index (χ2n) is 2.94. The van der Waals surface area contributed by atoms with Gasteiger partial charge in [0, 0.05) is 5.02 Å². The monoisotopic (exact) mass is 246 g/mol. The van der Waals surface area contributed by atoms with Crippen LogP contribution in [0.5, 0.6) is 0 Å². The Hall–Kier alpha value is -0.840. The SMILES string of the molecule is CS(=O)(=O)OCC=Cc1ccc(Cl)cc1. The molecule has 0 unspecified atom stereocenters. The maximum absolute atomic E-state index is 10.6.